The van der Waals surface area contributed by atoms with Gasteiger partial charge in [0.2, 0.25) is 11.8 Å². The first-order chi connectivity index (χ1) is 9.46. The minimum Gasteiger partial charge on any atom is -0.381 e. The molecule has 1 heterocycles. The Morgan fingerprint density at radius 1 is 1.35 bits per heavy atom. The minimum atomic E-state index is -0.618. The second kappa shape index (κ2) is 5.71. The predicted octanol–water partition coefficient (Wildman–Crippen LogP) is 2.00. The zero-order valence-corrected chi connectivity index (χ0v) is 11.6. The first kappa shape index (κ1) is 14.7. The fourth-order valence-corrected chi connectivity index (χ4v) is 2.72. The Labute approximate surface area is 117 Å². The molecule has 0 radical (unpaired) electrons. The molecule has 1 aliphatic heterocycles. The zero-order valence-electron chi connectivity index (χ0n) is 11.6. The van der Waals surface area contributed by atoms with Crippen molar-refractivity contribution < 1.29 is 18.7 Å². The third-order valence-corrected chi connectivity index (χ3v) is 3.63. The molecule has 2 rings (SSSR count). The maximum atomic E-state index is 13.0. The molecule has 20 heavy (non-hydrogen) atoms. The highest BCUT2D eigenvalue weighted by molar-refractivity contribution is 6.02. The van der Waals surface area contributed by atoms with Crippen LogP contribution in [0.3, 0.4) is 0 Å². The van der Waals surface area contributed by atoms with Crippen LogP contribution >= 0.6 is 0 Å². The Morgan fingerprint density at radius 3 is 2.60 bits per heavy atom. The number of halogens is 1. The van der Waals surface area contributed by atoms with E-state index >= 15 is 0 Å². The van der Waals surface area contributed by atoms with Crippen molar-refractivity contribution in [3.05, 3.63) is 35.6 Å². The fraction of sp³-hybridized carbons (Fsp3) is 0.467. The van der Waals surface area contributed by atoms with Crippen LogP contribution in [0.25, 0.3) is 0 Å². The van der Waals surface area contributed by atoms with Gasteiger partial charge in [-0.15, -0.1) is 0 Å². The predicted molar refractivity (Wildman–Crippen MR) is 71.5 cm³/mol. The van der Waals surface area contributed by atoms with Gasteiger partial charge in [0.1, 0.15) is 5.82 Å². The molecule has 0 aliphatic carbocycles. The van der Waals surface area contributed by atoms with Crippen molar-refractivity contribution in [1.82, 2.24) is 5.32 Å². The van der Waals surface area contributed by atoms with E-state index in [-0.39, 0.29) is 24.1 Å². The lowest BCUT2D eigenvalue weighted by Gasteiger charge is -2.39. The van der Waals surface area contributed by atoms with Crippen molar-refractivity contribution in [2.45, 2.75) is 26.2 Å². The Kier molecular flexibility index (Phi) is 4.18. The molecule has 0 spiro atoms. The number of piperidine rings is 1. The molecule has 1 fully saturated rings. The van der Waals surface area contributed by atoms with E-state index in [2.05, 4.69) is 5.32 Å². The summed E-state index contributed by atoms with van der Waals surface area (Å²) in [4.78, 5) is 23.8. The van der Waals surface area contributed by atoms with Crippen LogP contribution in [0, 0.1) is 11.2 Å². The molecule has 1 aliphatic rings. The Balaban J connectivity index is 2.36. The van der Waals surface area contributed by atoms with Crippen molar-refractivity contribution in [2.75, 3.05) is 13.2 Å². The number of carbonyl (C=O) groups excluding carboxylic acids is 2. The number of hydrogen-bond donors (Lipinski definition) is 1. The fourth-order valence-electron chi connectivity index (χ4n) is 2.72. The lowest BCUT2D eigenvalue weighted by Crippen LogP contribution is -2.51. The van der Waals surface area contributed by atoms with Gasteiger partial charge in [-0.25, -0.2) is 4.39 Å². The van der Waals surface area contributed by atoms with E-state index < -0.39 is 11.3 Å². The SMILES string of the molecule is CCOCC1(C)CC(=O)NC(=O)C1c1ccc(F)cc1. The van der Waals surface area contributed by atoms with Crippen molar-refractivity contribution in [2.24, 2.45) is 5.41 Å². The number of imide groups is 1. The second-order valence-electron chi connectivity index (χ2n) is 5.36. The summed E-state index contributed by atoms with van der Waals surface area (Å²) in [6.45, 7) is 4.54. The van der Waals surface area contributed by atoms with Crippen molar-refractivity contribution in [3.63, 3.8) is 0 Å². The van der Waals surface area contributed by atoms with E-state index in [0.29, 0.717) is 18.8 Å². The molecule has 1 aromatic carbocycles. The summed E-state index contributed by atoms with van der Waals surface area (Å²) in [6, 6.07) is 5.80. The summed E-state index contributed by atoms with van der Waals surface area (Å²) >= 11 is 0. The van der Waals surface area contributed by atoms with Crippen LogP contribution in [0.2, 0.25) is 0 Å². The van der Waals surface area contributed by atoms with E-state index in [1.54, 1.807) is 12.1 Å². The Morgan fingerprint density at radius 2 is 2.00 bits per heavy atom. The normalized spacial score (nSPS) is 26.4. The molecule has 0 aromatic heterocycles. The van der Waals surface area contributed by atoms with Crippen LogP contribution in [0.5, 0.6) is 0 Å². The van der Waals surface area contributed by atoms with Crippen LogP contribution in [-0.2, 0) is 14.3 Å². The molecular weight excluding hydrogens is 261 g/mol. The van der Waals surface area contributed by atoms with Crippen LogP contribution in [0.4, 0.5) is 4.39 Å². The maximum absolute atomic E-state index is 13.0. The van der Waals surface area contributed by atoms with Crippen molar-refractivity contribution in [3.8, 4) is 0 Å². The summed E-state index contributed by atoms with van der Waals surface area (Å²) in [7, 11) is 0. The maximum Gasteiger partial charge on any atom is 0.234 e. The van der Waals surface area contributed by atoms with Crippen LogP contribution in [0.15, 0.2) is 24.3 Å². The second-order valence-corrected chi connectivity index (χ2v) is 5.36. The smallest absolute Gasteiger partial charge is 0.234 e. The number of nitrogens with one attached hydrogen (secondary N) is 1. The quantitative estimate of drug-likeness (QED) is 0.858. The molecule has 1 aromatic rings. The van der Waals surface area contributed by atoms with E-state index in [9.17, 15) is 14.0 Å². The minimum absolute atomic E-state index is 0.209. The molecule has 0 saturated carbocycles. The highest BCUT2D eigenvalue weighted by Crippen LogP contribution is 2.41. The van der Waals surface area contributed by atoms with Gasteiger partial charge >= 0.3 is 0 Å². The Bertz CT molecular complexity index is 514. The lowest BCUT2D eigenvalue weighted by atomic mass is 9.69. The molecule has 4 nitrogen and oxygen atoms in total. The first-order valence-corrected chi connectivity index (χ1v) is 6.63. The molecule has 2 amide bonds. The van der Waals surface area contributed by atoms with E-state index in [0.717, 1.165) is 0 Å². The number of benzene rings is 1. The van der Waals surface area contributed by atoms with Gasteiger partial charge in [-0.2, -0.15) is 0 Å². The average molecular weight is 279 g/mol. The summed E-state index contributed by atoms with van der Waals surface area (Å²) in [5.74, 6) is -1.52. The largest absolute Gasteiger partial charge is 0.381 e. The molecule has 108 valence electrons. The van der Waals surface area contributed by atoms with Crippen LogP contribution < -0.4 is 5.32 Å². The summed E-state index contributed by atoms with van der Waals surface area (Å²) in [5, 5.41) is 2.35. The third kappa shape index (κ3) is 2.88. The summed E-state index contributed by atoms with van der Waals surface area (Å²) in [5.41, 5.74) is 0.0753. The number of hydrogen-bond acceptors (Lipinski definition) is 3. The van der Waals surface area contributed by atoms with Crippen molar-refractivity contribution in [1.29, 1.82) is 0 Å². The van der Waals surface area contributed by atoms with E-state index in [1.165, 1.54) is 12.1 Å². The van der Waals surface area contributed by atoms with Gasteiger partial charge in [0.05, 0.1) is 12.5 Å². The standard InChI is InChI=1S/C15H18FNO3/c1-3-20-9-15(2)8-12(18)17-14(19)13(15)10-4-6-11(16)7-5-10/h4-7,13H,3,8-9H2,1-2H3,(H,17,18,19). The van der Waals surface area contributed by atoms with E-state index in [1.807, 2.05) is 13.8 Å². The van der Waals surface area contributed by atoms with Gasteiger partial charge in [0, 0.05) is 18.4 Å². The Hall–Kier alpha value is -1.75. The van der Waals surface area contributed by atoms with Gasteiger partial charge in [0.15, 0.2) is 0 Å². The van der Waals surface area contributed by atoms with Gasteiger partial charge in [0.25, 0.3) is 0 Å². The van der Waals surface area contributed by atoms with Crippen LogP contribution in [0.1, 0.15) is 31.7 Å². The number of ether oxygens (including phenoxy) is 1. The summed E-state index contributed by atoms with van der Waals surface area (Å²) < 4.78 is 18.5. The molecule has 2 atom stereocenters. The highest BCUT2D eigenvalue weighted by Gasteiger charge is 2.46. The third-order valence-electron chi connectivity index (χ3n) is 3.63. The number of carbonyl (C=O) groups is 2. The highest BCUT2D eigenvalue weighted by atomic mass is 19.1. The van der Waals surface area contributed by atoms with Gasteiger partial charge in [-0.1, -0.05) is 19.1 Å². The van der Waals surface area contributed by atoms with E-state index in [4.69, 9.17) is 4.74 Å². The number of amides is 2. The zero-order chi connectivity index (χ0) is 14.8. The molecule has 5 heteroatoms. The average Bonchev–Trinajstić information content (AvgIpc) is 2.38. The van der Waals surface area contributed by atoms with Crippen molar-refractivity contribution >= 4 is 11.8 Å². The molecule has 1 saturated heterocycles. The monoisotopic (exact) mass is 279 g/mol. The molecule has 0 bridgehead atoms. The lowest BCUT2D eigenvalue weighted by molar-refractivity contribution is -0.141. The van der Waals surface area contributed by atoms with Crippen LogP contribution in [-0.4, -0.2) is 25.0 Å². The molecule has 1 N–H and O–H groups in total. The summed E-state index contributed by atoms with van der Waals surface area (Å²) in [6.07, 6.45) is 0.209. The van der Waals surface area contributed by atoms with Gasteiger partial charge in [-0.05, 0) is 24.6 Å². The van der Waals surface area contributed by atoms with Gasteiger partial charge in [-0.3, -0.25) is 14.9 Å². The van der Waals surface area contributed by atoms with Gasteiger partial charge < -0.3 is 4.74 Å². The first-order valence-electron chi connectivity index (χ1n) is 6.63. The molecular formula is C15H18FNO3. The topological polar surface area (TPSA) is 55.4 Å². The number of rotatable bonds is 4. The molecule has 2 unspecified atom stereocenters.